The lowest BCUT2D eigenvalue weighted by Crippen LogP contribution is -2.37. The maximum absolute atomic E-state index is 12.9. The van der Waals surface area contributed by atoms with Crippen molar-refractivity contribution in [3.63, 3.8) is 0 Å². The van der Waals surface area contributed by atoms with Crippen molar-refractivity contribution < 1.29 is 4.39 Å². The SMILES string of the molecule is CC.CC(C)N1CC2C=C(c3ccc(F)cn3)C1C2. The van der Waals surface area contributed by atoms with Crippen LogP contribution in [0.4, 0.5) is 4.39 Å². The minimum Gasteiger partial charge on any atom is -0.293 e. The van der Waals surface area contributed by atoms with Crippen LogP contribution in [0.5, 0.6) is 0 Å². The molecule has 2 heterocycles. The highest BCUT2D eigenvalue weighted by Gasteiger charge is 2.40. The lowest BCUT2D eigenvalue weighted by Gasteiger charge is -2.31. The predicted molar refractivity (Wildman–Crippen MR) is 77.3 cm³/mol. The lowest BCUT2D eigenvalue weighted by atomic mass is 10.0. The van der Waals surface area contributed by atoms with Crippen molar-refractivity contribution in [2.24, 2.45) is 5.92 Å². The summed E-state index contributed by atoms with van der Waals surface area (Å²) < 4.78 is 12.9. The molecule has 3 rings (SSSR count). The molecule has 0 amide bonds. The van der Waals surface area contributed by atoms with Gasteiger partial charge in [-0.1, -0.05) is 19.9 Å². The second-order valence-corrected chi connectivity index (χ2v) is 5.29. The van der Waals surface area contributed by atoms with Gasteiger partial charge in [0.15, 0.2) is 0 Å². The zero-order valence-electron chi connectivity index (χ0n) is 12.2. The van der Waals surface area contributed by atoms with Gasteiger partial charge in [0, 0.05) is 18.6 Å². The Morgan fingerprint density at radius 1 is 1.32 bits per heavy atom. The van der Waals surface area contributed by atoms with E-state index in [0.717, 1.165) is 12.2 Å². The number of likely N-dealkylation sites (tertiary alicyclic amines) is 1. The highest BCUT2D eigenvalue weighted by Crippen LogP contribution is 2.41. The standard InChI is InChI=1S/C14H17FN2.C2H6/c1-9(2)17-8-10-5-12(14(17)6-10)13-4-3-11(15)7-16-13;1-2/h3-5,7,9-10,14H,6,8H2,1-2H3;1-2H3. The predicted octanol–water partition coefficient (Wildman–Crippen LogP) is 3.74. The molecule has 1 aliphatic heterocycles. The van der Waals surface area contributed by atoms with E-state index in [9.17, 15) is 4.39 Å². The van der Waals surface area contributed by atoms with E-state index >= 15 is 0 Å². The Balaban J connectivity index is 0.000000637. The number of fused-ring (bicyclic) bond motifs is 2. The average Bonchev–Trinajstić information content (AvgIpc) is 3.02. The topological polar surface area (TPSA) is 16.1 Å². The summed E-state index contributed by atoms with van der Waals surface area (Å²) >= 11 is 0. The van der Waals surface area contributed by atoms with Gasteiger partial charge in [-0.2, -0.15) is 0 Å². The van der Waals surface area contributed by atoms with Gasteiger partial charge in [0.2, 0.25) is 0 Å². The fourth-order valence-electron chi connectivity index (χ4n) is 3.06. The number of rotatable bonds is 2. The van der Waals surface area contributed by atoms with Crippen LogP contribution >= 0.6 is 0 Å². The van der Waals surface area contributed by atoms with E-state index in [1.165, 1.54) is 24.3 Å². The zero-order valence-corrected chi connectivity index (χ0v) is 12.2. The molecule has 0 aromatic carbocycles. The summed E-state index contributed by atoms with van der Waals surface area (Å²) in [5, 5.41) is 0. The van der Waals surface area contributed by atoms with Crippen molar-refractivity contribution in [1.82, 2.24) is 9.88 Å². The van der Waals surface area contributed by atoms with E-state index in [4.69, 9.17) is 0 Å². The molecule has 3 heteroatoms. The number of pyridine rings is 1. The van der Waals surface area contributed by atoms with Gasteiger partial charge in [0.25, 0.3) is 0 Å². The van der Waals surface area contributed by atoms with Crippen LogP contribution in [0.15, 0.2) is 24.4 Å². The monoisotopic (exact) mass is 262 g/mol. The average molecular weight is 262 g/mol. The molecule has 2 aliphatic rings. The normalized spacial score (nSPS) is 25.3. The Labute approximate surface area is 115 Å². The Morgan fingerprint density at radius 3 is 2.58 bits per heavy atom. The number of hydrogen-bond acceptors (Lipinski definition) is 2. The molecule has 2 bridgehead atoms. The molecule has 2 nitrogen and oxygen atoms in total. The first kappa shape index (κ1) is 14.2. The Bertz CT molecular complexity index is 450. The molecule has 1 aromatic rings. The lowest BCUT2D eigenvalue weighted by molar-refractivity contribution is 0.231. The van der Waals surface area contributed by atoms with Crippen molar-refractivity contribution in [3.8, 4) is 0 Å². The molecule has 1 saturated heterocycles. The van der Waals surface area contributed by atoms with Crippen molar-refractivity contribution in [3.05, 3.63) is 35.9 Å². The van der Waals surface area contributed by atoms with Crippen molar-refractivity contribution in [2.75, 3.05) is 6.54 Å². The molecule has 1 aromatic heterocycles. The van der Waals surface area contributed by atoms with Gasteiger partial charge < -0.3 is 0 Å². The van der Waals surface area contributed by atoms with E-state index < -0.39 is 0 Å². The van der Waals surface area contributed by atoms with Gasteiger partial charge in [-0.25, -0.2) is 4.39 Å². The highest BCUT2D eigenvalue weighted by molar-refractivity contribution is 5.70. The third-order valence-corrected chi connectivity index (χ3v) is 3.83. The first-order valence-electron chi connectivity index (χ1n) is 7.24. The van der Waals surface area contributed by atoms with E-state index in [1.54, 1.807) is 6.07 Å². The van der Waals surface area contributed by atoms with E-state index in [0.29, 0.717) is 18.0 Å². The van der Waals surface area contributed by atoms with Crippen LogP contribution in [0.25, 0.3) is 5.57 Å². The van der Waals surface area contributed by atoms with Gasteiger partial charge in [-0.15, -0.1) is 0 Å². The molecule has 19 heavy (non-hydrogen) atoms. The van der Waals surface area contributed by atoms with Crippen LogP contribution in [0.1, 0.15) is 39.8 Å². The zero-order chi connectivity index (χ0) is 14.0. The highest BCUT2D eigenvalue weighted by atomic mass is 19.1. The Hall–Kier alpha value is -1.22. The minimum absolute atomic E-state index is 0.266. The van der Waals surface area contributed by atoms with Gasteiger partial charge in [-0.05, 0) is 43.9 Å². The van der Waals surface area contributed by atoms with Crippen LogP contribution in [0.2, 0.25) is 0 Å². The molecule has 0 radical (unpaired) electrons. The Kier molecular flexibility index (Phi) is 4.35. The number of aromatic nitrogens is 1. The molecule has 0 spiro atoms. The van der Waals surface area contributed by atoms with Crippen LogP contribution < -0.4 is 0 Å². The molecular formula is C16H23FN2. The van der Waals surface area contributed by atoms with E-state index in [-0.39, 0.29) is 5.82 Å². The molecule has 1 fully saturated rings. The summed E-state index contributed by atoms with van der Waals surface area (Å²) in [4.78, 5) is 6.72. The van der Waals surface area contributed by atoms with Gasteiger partial charge >= 0.3 is 0 Å². The fourth-order valence-corrected chi connectivity index (χ4v) is 3.06. The quantitative estimate of drug-likeness (QED) is 0.807. The summed E-state index contributed by atoms with van der Waals surface area (Å²) in [7, 11) is 0. The first-order valence-corrected chi connectivity index (χ1v) is 7.24. The molecule has 104 valence electrons. The van der Waals surface area contributed by atoms with Crippen LogP contribution in [-0.2, 0) is 0 Å². The largest absolute Gasteiger partial charge is 0.293 e. The fraction of sp³-hybridized carbons (Fsp3) is 0.562. The van der Waals surface area contributed by atoms with Crippen molar-refractivity contribution >= 4 is 5.57 Å². The van der Waals surface area contributed by atoms with Gasteiger partial charge in [-0.3, -0.25) is 9.88 Å². The smallest absolute Gasteiger partial charge is 0.141 e. The summed E-state index contributed by atoms with van der Waals surface area (Å²) in [5.74, 6) is 0.391. The third-order valence-electron chi connectivity index (χ3n) is 3.83. The molecule has 2 unspecified atom stereocenters. The summed E-state index contributed by atoms with van der Waals surface area (Å²) in [6.45, 7) is 9.62. The molecule has 2 atom stereocenters. The summed E-state index contributed by atoms with van der Waals surface area (Å²) in [6.07, 6.45) is 4.83. The second kappa shape index (κ2) is 5.83. The van der Waals surface area contributed by atoms with Gasteiger partial charge in [0.05, 0.1) is 11.9 Å². The van der Waals surface area contributed by atoms with Gasteiger partial charge in [0.1, 0.15) is 5.82 Å². The maximum Gasteiger partial charge on any atom is 0.141 e. The number of nitrogens with zero attached hydrogens (tertiary/aromatic N) is 2. The molecular weight excluding hydrogens is 239 g/mol. The third kappa shape index (κ3) is 2.71. The number of hydrogen-bond donors (Lipinski definition) is 0. The first-order chi connectivity index (χ1) is 9.15. The number of halogens is 1. The summed E-state index contributed by atoms with van der Waals surface area (Å²) in [6, 6.07) is 4.34. The van der Waals surface area contributed by atoms with Crippen molar-refractivity contribution in [1.29, 1.82) is 0 Å². The molecule has 1 aliphatic carbocycles. The minimum atomic E-state index is -0.266. The molecule has 0 saturated carbocycles. The van der Waals surface area contributed by atoms with Crippen LogP contribution in [0, 0.1) is 11.7 Å². The Morgan fingerprint density at radius 2 is 2.05 bits per heavy atom. The van der Waals surface area contributed by atoms with Crippen LogP contribution in [-0.4, -0.2) is 28.5 Å². The maximum atomic E-state index is 12.9. The summed E-state index contributed by atoms with van der Waals surface area (Å²) in [5.41, 5.74) is 2.22. The second-order valence-electron chi connectivity index (χ2n) is 5.29. The molecule has 0 N–H and O–H groups in total. The van der Waals surface area contributed by atoms with E-state index in [1.807, 2.05) is 13.8 Å². The van der Waals surface area contributed by atoms with Crippen LogP contribution in [0.3, 0.4) is 0 Å². The van der Waals surface area contributed by atoms with Crippen molar-refractivity contribution in [2.45, 2.75) is 46.2 Å². The van der Waals surface area contributed by atoms with E-state index in [2.05, 4.69) is 29.8 Å².